The highest BCUT2D eigenvalue weighted by Crippen LogP contribution is 2.27. The molecule has 86 valence electrons. The second-order valence-corrected chi connectivity index (χ2v) is 4.86. The molecule has 1 aliphatic rings. The Labute approximate surface area is 101 Å². The van der Waals surface area contributed by atoms with E-state index in [1.807, 2.05) is 6.92 Å². The van der Waals surface area contributed by atoms with Crippen LogP contribution in [0.5, 0.6) is 0 Å². The van der Waals surface area contributed by atoms with E-state index in [9.17, 15) is 9.18 Å². The highest BCUT2D eigenvalue weighted by molar-refractivity contribution is 9.10. The van der Waals surface area contributed by atoms with Gasteiger partial charge in [-0.25, -0.2) is 4.39 Å². The minimum Gasteiger partial charge on any atom is -0.369 e. The van der Waals surface area contributed by atoms with Crippen LogP contribution in [0.15, 0.2) is 22.7 Å². The second kappa shape index (κ2) is 4.14. The van der Waals surface area contributed by atoms with E-state index in [2.05, 4.69) is 21.2 Å². The number of benzene rings is 1. The Morgan fingerprint density at radius 1 is 1.56 bits per heavy atom. The normalized spacial score (nSPS) is 25.3. The molecule has 5 heteroatoms. The molecular weight excluding hydrogens is 277 g/mol. The van der Waals surface area contributed by atoms with Crippen molar-refractivity contribution < 1.29 is 13.9 Å². The van der Waals surface area contributed by atoms with Crippen molar-refractivity contribution >= 4 is 21.8 Å². The van der Waals surface area contributed by atoms with Gasteiger partial charge in [0.25, 0.3) is 0 Å². The number of hydrogen-bond donors (Lipinski definition) is 1. The fourth-order valence-electron chi connectivity index (χ4n) is 1.72. The van der Waals surface area contributed by atoms with Gasteiger partial charge in [-0.1, -0.05) is 6.07 Å². The summed E-state index contributed by atoms with van der Waals surface area (Å²) in [5.74, 6) is -0.482. The smallest absolute Gasteiger partial charge is 0.246 e. The van der Waals surface area contributed by atoms with Crippen LogP contribution in [0.2, 0.25) is 0 Å². The maximum atomic E-state index is 13.1. The molecule has 0 unspecified atom stereocenters. The van der Waals surface area contributed by atoms with Crippen molar-refractivity contribution in [1.82, 2.24) is 5.32 Å². The summed E-state index contributed by atoms with van der Waals surface area (Å²) in [6.45, 7) is 2.32. The number of carbonyl (C=O) groups is 1. The van der Waals surface area contributed by atoms with Gasteiger partial charge in [0.2, 0.25) is 5.91 Å². The minimum atomic E-state index is -0.592. The van der Waals surface area contributed by atoms with Crippen LogP contribution in [0.25, 0.3) is 0 Å². The highest BCUT2D eigenvalue weighted by atomic mass is 79.9. The lowest BCUT2D eigenvalue weighted by atomic mass is 9.92. The van der Waals surface area contributed by atoms with Gasteiger partial charge in [0.15, 0.2) is 0 Å². The van der Waals surface area contributed by atoms with E-state index < -0.39 is 5.54 Å². The lowest BCUT2D eigenvalue weighted by Gasteiger charge is -2.34. The minimum absolute atomic E-state index is 0.0813. The molecule has 1 aromatic rings. The number of rotatable bonds is 1. The fourth-order valence-corrected chi connectivity index (χ4v) is 2.10. The number of hydrogen-bond acceptors (Lipinski definition) is 2. The number of morpholine rings is 1. The van der Waals surface area contributed by atoms with E-state index in [4.69, 9.17) is 4.74 Å². The van der Waals surface area contributed by atoms with Crippen LogP contribution in [-0.4, -0.2) is 19.1 Å². The molecule has 2 rings (SSSR count). The highest BCUT2D eigenvalue weighted by Gasteiger charge is 2.33. The Bertz CT molecular complexity index is 438. The van der Waals surface area contributed by atoms with Crippen LogP contribution >= 0.6 is 15.9 Å². The summed E-state index contributed by atoms with van der Waals surface area (Å²) in [5, 5.41) is 2.85. The van der Waals surface area contributed by atoms with Crippen molar-refractivity contribution in [3.8, 4) is 0 Å². The van der Waals surface area contributed by atoms with Crippen molar-refractivity contribution in [2.24, 2.45) is 0 Å². The Kier molecular flexibility index (Phi) is 2.99. The summed E-state index contributed by atoms with van der Waals surface area (Å²) in [5.41, 5.74) is 0.222. The molecule has 1 aliphatic heterocycles. The van der Waals surface area contributed by atoms with Gasteiger partial charge >= 0.3 is 0 Å². The zero-order valence-corrected chi connectivity index (χ0v) is 10.3. The largest absolute Gasteiger partial charge is 0.369 e. The van der Waals surface area contributed by atoms with E-state index in [1.165, 1.54) is 6.07 Å². The first-order chi connectivity index (χ1) is 7.51. The quantitative estimate of drug-likeness (QED) is 0.857. The maximum absolute atomic E-state index is 13.1. The van der Waals surface area contributed by atoms with Gasteiger partial charge in [0.1, 0.15) is 12.4 Å². The Hall–Kier alpha value is -0.940. The molecule has 16 heavy (non-hydrogen) atoms. The van der Waals surface area contributed by atoms with E-state index in [-0.39, 0.29) is 18.3 Å². The zero-order chi connectivity index (χ0) is 11.8. The van der Waals surface area contributed by atoms with Crippen molar-refractivity contribution in [2.75, 3.05) is 13.2 Å². The third kappa shape index (κ3) is 2.10. The van der Waals surface area contributed by atoms with Gasteiger partial charge in [-0.2, -0.15) is 0 Å². The molecule has 0 spiro atoms. The van der Waals surface area contributed by atoms with Gasteiger partial charge in [0.05, 0.1) is 16.6 Å². The Morgan fingerprint density at radius 3 is 2.94 bits per heavy atom. The van der Waals surface area contributed by atoms with Gasteiger partial charge in [0, 0.05) is 0 Å². The molecule has 0 aromatic heterocycles. The average Bonchev–Trinajstić information content (AvgIpc) is 2.21. The summed E-state index contributed by atoms with van der Waals surface area (Å²) in [7, 11) is 0. The van der Waals surface area contributed by atoms with Gasteiger partial charge < -0.3 is 10.1 Å². The lowest BCUT2D eigenvalue weighted by molar-refractivity contribution is -0.135. The molecule has 1 aromatic carbocycles. The number of nitrogens with one attached hydrogen (secondary N) is 1. The third-order valence-corrected chi connectivity index (χ3v) is 3.20. The first kappa shape index (κ1) is 11.5. The molecule has 0 aliphatic carbocycles. The van der Waals surface area contributed by atoms with Gasteiger partial charge in [-0.15, -0.1) is 0 Å². The number of ether oxygens (including phenoxy) is 1. The number of amides is 1. The van der Waals surface area contributed by atoms with E-state index in [0.29, 0.717) is 11.1 Å². The van der Waals surface area contributed by atoms with Crippen LogP contribution in [0.4, 0.5) is 4.39 Å². The first-order valence-corrected chi connectivity index (χ1v) is 5.65. The zero-order valence-electron chi connectivity index (χ0n) is 8.72. The second-order valence-electron chi connectivity index (χ2n) is 4.00. The van der Waals surface area contributed by atoms with Gasteiger partial charge in [-0.05, 0) is 40.5 Å². The third-order valence-electron chi connectivity index (χ3n) is 2.60. The summed E-state index contributed by atoms with van der Waals surface area (Å²) < 4.78 is 18.7. The predicted octanol–water partition coefficient (Wildman–Crippen LogP) is 1.95. The average molecular weight is 288 g/mol. The van der Waals surface area contributed by atoms with Gasteiger partial charge in [-0.3, -0.25) is 4.79 Å². The van der Waals surface area contributed by atoms with Crippen LogP contribution in [0, 0.1) is 5.82 Å². The van der Waals surface area contributed by atoms with Crippen molar-refractivity contribution in [3.05, 3.63) is 34.1 Å². The number of halogens is 2. The fraction of sp³-hybridized carbons (Fsp3) is 0.364. The van der Waals surface area contributed by atoms with E-state index in [0.717, 1.165) is 5.56 Å². The molecule has 0 radical (unpaired) electrons. The predicted molar refractivity (Wildman–Crippen MR) is 60.4 cm³/mol. The van der Waals surface area contributed by atoms with E-state index >= 15 is 0 Å². The summed E-state index contributed by atoms with van der Waals surface area (Å²) in [6.07, 6.45) is 0. The molecule has 0 bridgehead atoms. The van der Waals surface area contributed by atoms with Crippen molar-refractivity contribution in [3.63, 3.8) is 0 Å². The number of carbonyl (C=O) groups excluding carboxylic acids is 1. The van der Waals surface area contributed by atoms with Crippen LogP contribution in [0.1, 0.15) is 12.5 Å². The molecule has 1 amide bonds. The van der Waals surface area contributed by atoms with Crippen molar-refractivity contribution in [2.45, 2.75) is 12.5 Å². The molecule has 1 fully saturated rings. The van der Waals surface area contributed by atoms with Crippen LogP contribution in [-0.2, 0) is 15.1 Å². The Balaban J connectivity index is 2.34. The first-order valence-electron chi connectivity index (χ1n) is 4.85. The Morgan fingerprint density at radius 2 is 2.31 bits per heavy atom. The van der Waals surface area contributed by atoms with Crippen molar-refractivity contribution in [1.29, 1.82) is 0 Å². The molecular formula is C11H11BrFNO2. The topological polar surface area (TPSA) is 38.3 Å². The molecule has 1 atom stereocenters. The molecule has 1 N–H and O–H groups in total. The van der Waals surface area contributed by atoms with Crippen LogP contribution < -0.4 is 5.32 Å². The summed E-state index contributed by atoms with van der Waals surface area (Å²) >= 11 is 3.12. The summed E-state index contributed by atoms with van der Waals surface area (Å²) in [4.78, 5) is 11.3. The lowest BCUT2D eigenvalue weighted by Crippen LogP contribution is -2.52. The van der Waals surface area contributed by atoms with E-state index in [1.54, 1.807) is 12.1 Å². The molecule has 1 heterocycles. The summed E-state index contributed by atoms with van der Waals surface area (Å²) in [6, 6.07) is 4.67. The molecule has 1 saturated heterocycles. The SMILES string of the molecule is C[C@]1(c2ccc(F)c(Br)c2)COCC(=O)N1. The molecule has 3 nitrogen and oxygen atoms in total. The van der Waals surface area contributed by atoms with Crippen LogP contribution in [0.3, 0.4) is 0 Å². The maximum Gasteiger partial charge on any atom is 0.246 e. The monoisotopic (exact) mass is 287 g/mol. The standard InChI is InChI=1S/C11H11BrFNO2/c1-11(6-16-5-10(15)14-11)7-2-3-9(13)8(12)4-7/h2-4H,5-6H2,1H3,(H,14,15)/t11-/m1/s1. The molecule has 0 saturated carbocycles.